The number of aliphatic carboxylic acids is 1. The molecule has 376 valence electrons. The van der Waals surface area contributed by atoms with E-state index in [1.54, 1.807) is 0 Å². The van der Waals surface area contributed by atoms with Crippen LogP contribution in [0.25, 0.3) is 0 Å². The second-order valence-corrected chi connectivity index (χ2v) is 23.4. The zero-order valence-electron chi connectivity index (χ0n) is 39.6. The van der Waals surface area contributed by atoms with Gasteiger partial charge in [-0.05, 0) is 97.7 Å². The summed E-state index contributed by atoms with van der Waals surface area (Å²) in [5.74, 6) is -0.811. The van der Waals surface area contributed by atoms with Crippen molar-refractivity contribution < 1.29 is 89.1 Å². The zero-order valence-corrected chi connectivity index (χ0v) is 39.6. The van der Waals surface area contributed by atoms with Gasteiger partial charge in [-0.2, -0.15) is 0 Å². The Labute approximate surface area is 386 Å². The number of ether oxygens (including phenoxy) is 6. The van der Waals surface area contributed by atoms with Crippen molar-refractivity contribution in [3.8, 4) is 0 Å². The quantitative estimate of drug-likeness (QED) is 0.114. The second-order valence-electron chi connectivity index (χ2n) is 23.4. The number of Topliss-reactive ketones (excluding diaryl/α,β-unsaturated/α-hetero) is 1. The summed E-state index contributed by atoms with van der Waals surface area (Å²) >= 11 is 0. The first-order valence-electron chi connectivity index (χ1n) is 24.1. The van der Waals surface area contributed by atoms with E-state index in [-0.39, 0.29) is 51.4 Å². The predicted octanol–water partition coefficient (Wildman–Crippen LogP) is 0.913. The van der Waals surface area contributed by atoms with Crippen LogP contribution in [0.3, 0.4) is 0 Å². The standard InChI is InChI=1S/C48H76O18/c1-21-29(52)30(53)33(56)40(61-21)64-36-24(19-49)62-41(34(57)31(36)54)65-37-32(55)35(58)42(66-38(37)39(59)60)63-28-12-13-45(5)25(46(28,6)20-50)11-14-48(8)26(45)10-9-22-23-17-43(2,3)18-27(51)44(23,4)15-16-47(22,48)7/h9,21,23-26,28-38,40-42,49-50,52-58H,10-20H2,1-8H3,(H,59,60)/t21-,23-,24+,25+,26+,28-,29-,30+,31+,32+,33+,34+,35+,36-,37-,38-,40-,41-,42+,44+,45-,46+,47+,48+/m0/s1. The van der Waals surface area contributed by atoms with Gasteiger partial charge in [0.1, 0.15) is 66.8 Å². The fourth-order valence-electron chi connectivity index (χ4n) is 14.9. The fourth-order valence-corrected chi connectivity index (χ4v) is 14.9. The van der Waals surface area contributed by atoms with E-state index in [1.807, 2.05) is 6.92 Å². The van der Waals surface area contributed by atoms with E-state index >= 15 is 0 Å². The number of aliphatic hydroxyl groups is 9. The van der Waals surface area contributed by atoms with E-state index in [0.717, 1.165) is 38.5 Å². The molecule has 3 heterocycles. The van der Waals surface area contributed by atoms with Gasteiger partial charge in [0.2, 0.25) is 0 Å². The summed E-state index contributed by atoms with van der Waals surface area (Å²) in [6.45, 7) is 16.1. The Bertz CT molecular complexity index is 1860. The molecule has 8 rings (SSSR count). The third-order valence-electron chi connectivity index (χ3n) is 19.2. The molecule has 0 amide bonds. The molecule has 0 aromatic carbocycles. The van der Waals surface area contributed by atoms with Crippen LogP contribution in [0.1, 0.15) is 113 Å². The van der Waals surface area contributed by atoms with Crippen molar-refractivity contribution in [1.29, 1.82) is 0 Å². The summed E-state index contributed by atoms with van der Waals surface area (Å²) < 4.78 is 34.9. The number of hydrogen-bond donors (Lipinski definition) is 10. The van der Waals surface area contributed by atoms with Gasteiger partial charge in [0.05, 0.1) is 25.4 Å². The summed E-state index contributed by atoms with van der Waals surface area (Å²) in [5.41, 5.74) is -0.265. The smallest absolute Gasteiger partial charge is 0.335 e. The number of fused-ring (bicyclic) bond motifs is 7. The maximum absolute atomic E-state index is 13.8. The molecule has 0 spiro atoms. The lowest BCUT2D eigenvalue weighted by Gasteiger charge is -2.71. The van der Waals surface area contributed by atoms with Crippen LogP contribution in [0.5, 0.6) is 0 Å². The Balaban J connectivity index is 0.969. The molecule has 7 fully saturated rings. The topological polar surface area (TPSA) is 292 Å². The van der Waals surface area contributed by atoms with Crippen molar-refractivity contribution in [2.45, 2.75) is 211 Å². The van der Waals surface area contributed by atoms with Crippen LogP contribution in [0.15, 0.2) is 11.6 Å². The lowest BCUT2D eigenvalue weighted by Crippen LogP contribution is -2.68. The van der Waals surface area contributed by atoms with E-state index < -0.39 is 116 Å². The van der Waals surface area contributed by atoms with E-state index in [9.17, 15) is 60.7 Å². The summed E-state index contributed by atoms with van der Waals surface area (Å²) in [5, 5.41) is 108. The number of carboxylic acid groups (broad SMARTS) is 1. The molecule has 3 aliphatic heterocycles. The van der Waals surface area contributed by atoms with Gasteiger partial charge in [-0.3, -0.25) is 4.79 Å². The van der Waals surface area contributed by atoms with Crippen molar-refractivity contribution in [1.82, 2.24) is 0 Å². The number of aliphatic hydroxyl groups excluding tert-OH is 9. The molecule has 66 heavy (non-hydrogen) atoms. The monoisotopic (exact) mass is 941 g/mol. The highest BCUT2D eigenvalue weighted by atomic mass is 16.8. The Morgan fingerprint density at radius 3 is 1.95 bits per heavy atom. The maximum Gasteiger partial charge on any atom is 0.335 e. The maximum atomic E-state index is 13.8. The first kappa shape index (κ1) is 50.7. The van der Waals surface area contributed by atoms with Crippen LogP contribution in [0.2, 0.25) is 0 Å². The molecule has 0 aromatic heterocycles. The average Bonchev–Trinajstić information content (AvgIpc) is 3.25. The van der Waals surface area contributed by atoms with Gasteiger partial charge in [-0.15, -0.1) is 0 Å². The van der Waals surface area contributed by atoms with Crippen LogP contribution in [0, 0.1) is 50.2 Å². The normalized spacial score (nSPS) is 54.8. The van der Waals surface area contributed by atoms with Crippen LogP contribution >= 0.6 is 0 Å². The summed E-state index contributed by atoms with van der Waals surface area (Å²) in [7, 11) is 0. The second kappa shape index (κ2) is 17.5. The molecular weight excluding hydrogens is 865 g/mol. The number of ketones is 1. The Kier molecular flexibility index (Phi) is 13.5. The van der Waals surface area contributed by atoms with Gasteiger partial charge in [0.25, 0.3) is 0 Å². The zero-order chi connectivity index (χ0) is 48.4. The van der Waals surface area contributed by atoms with Gasteiger partial charge in [-0.25, -0.2) is 4.79 Å². The number of rotatable bonds is 9. The fraction of sp³-hybridized carbons (Fsp3) is 0.917. The van der Waals surface area contributed by atoms with Crippen molar-refractivity contribution in [2.75, 3.05) is 13.2 Å². The Hall–Kier alpha value is -1.72. The highest BCUT2D eigenvalue weighted by Gasteiger charge is 2.70. The highest BCUT2D eigenvalue weighted by Crippen LogP contribution is 2.75. The van der Waals surface area contributed by atoms with Crippen LogP contribution in [-0.4, -0.2) is 174 Å². The molecule has 4 saturated carbocycles. The molecule has 5 aliphatic carbocycles. The average molecular weight is 941 g/mol. The molecule has 18 nitrogen and oxygen atoms in total. The lowest BCUT2D eigenvalue weighted by atomic mass is 9.33. The SMILES string of the molecule is C[C@@H]1O[C@@H](O[C@@H]2[C@H](O)[C@@H](O)[C@H](O[C@H]3[C@H](O)[C@@H](O)[C@H](O[C@H]4CC[C@@]5(C)[C@@H](CC[C@]6(C)[C@@H]5CC=C5[C@@H]7CC(C)(C)CC(=O)[C@]7(C)CC[C@]56C)[C@@]4(C)CO)O[C@@H]3C(=O)O)O[C@@H]2CO)[C@H](O)[C@H](O)[C@H]1O. The van der Waals surface area contributed by atoms with Crippen molar-refractivity contribution in [2.24, 2.45) is 50.2 Å². The number of allylic oxidation sites excluding steroid dienone is 2. The molecule has 18 heteroatoms. The number of carbonyl (C=O) groups excluding carboxylic acids is 1. The Morgan fingerprint density at radius 2 is 1.32 bits per heavy atom. The van der Waals surface area contributed by atoms with Crippen molar-refractivity contribution in [3.05, 3.63) is 11.6 Å². The summed E-state index contributed by atoms with van der Waals surface area (Å²) in [6, 6.07) is 0. The van der Waals surface area contributed by atoms with Gasteiger partial charge in [0, 0.05) is 17.3 Å². The minimum atomic E-state index is -2.02. The predicted molar refractivity (Wildman–Crippen MR) is 230 cm³/mol. The molecular formula is C48H76O18. The van der Waals surface area contributed by atoms with Crippen LogP contribution < -0.4 is 0 Å². The number of carbonyl (C=O) groups is 2. The van der Waals surface area contributed by atoms with E-state index in [0.29, 0.717) is 25.0 Å². The molecule has 0 radical (unpaired) electrons. The molecule has 3 saturated heterocycles. The summed E-state index contributed by atoms with van der Waals surface area (Å²) in [4.78, 5) is 26.5. The van der Waals surface area contributed by atoms with Gasteiger partial charge >= 0.3 is 5.97 Å². The van der Waals surface area contributed by atoms with Gasteiger partial charge < -0.3 is 79.5 Å². The first-order chi connectivity index (χ1) is 30.7. The summed E-state index contributed by atoms with van der Waals surface area (Å²) in [6.07, 6.45) is -17.2. The van der Waals surface area contributed by atoms with Crippen molar-refractivity contribution in [3.63, 3.8) is 0 Å². The molecule has 8 aliphatic rings. The largest absolute Gasteiger partial charge is 0.479 e. The number of carboxylic acids is 1. The van der Waals surface area contributed by atoms with E-state index in [1.165, 1.54) is 12.5 Å². The Morgan fingerprint density at radius 1 is 0.712 bits per heavy atom. The minimum Gasteiger partial charge on any atom is -0.479 e. The minimum absolute atomic E-state index is 0.0388. The number of hydrogen-bond acceptors (Lipinski definition) is 17. The molecule has 0 aromatic rings. The van der Waals surface area contributed by atoms with Gasteiger partial charge in [-0.1, -0.05) is 60.1 Å². The molecule has 0 bridgehead atoms. The molecule has 10 N–H and O–H groups in total. The molecule has 0 unspecified atom stereocenters. The van der Waals surface area contributed by atoms with Gasteiger partial charge in [0.15, 0.2) is 25.0 Å². The highest BCUT2D eigenvalue weighted by molar-refractivity contribution is 5.87. The third kappa shape index (κ3) is 7.70. The van der Waals surface area contributed by atoms with Crippen LogP contribution in [0.4, 0.5) is 0 Å². The first-order valence-corrected chi connectivity index (χ1v) is 24.1. The van der Waals surface area contributed by atoms with Crippen LogP contribution in [-0.2, 0) is 38.0 Å². The third-order valence-corrected chi connectivity index (χ3v) is 19.2. The van der Waals surface area contributed by atoms with Crippen molar-refractivity contribution >= 4 is 11.8 Å². The van der Waals surface area contributed by atoms with E-state index in [2.05, 4.69) is 47.6 Å². The lowest BCUT2D eigenvalue weighted by molar-refractivity contribution is -0.379. The molecule has 24 atom stereocenters. The van der Waals surface area contributed by atoms with E-state index in [4.69, 9.17) is 28.4 Å².